The van der Waals surface area contributed by atoms with Crippen molar-refractivity contribution in [1.82, 2.24) is 9.55 Å². The van der Waals surface area contributed by atoms with Crippen molar-refractivity contribution >= 4 is 39.9 Å². The number of morpholine rings is 1. The lowest BCUT2D eigenvalue weighted by Crippen LogP contribution is -2.36. The Morgan fingerprint density at radius 1 is 1.05 bits per heavy atom. The minimum absolute atomic E-state index is 0.0810. The molecule has 2 heterocycles. The molecule has 8 heteroatoms. The van der Waals surface area contributed by atoms with E-state index in [4.69, 9.17) is 9.72 Å². The van der Waals surface area contributed by atoms with Gasteiger partial charge in [-0.25, -0.2) is 4.98 Å². The Hall–Kier alpha value is -3.62. The van der Waals surface area contributed by atoms with Crippen molar-refractivity contribution in [2.75, 3.05) is 36.5 Å². The summed E-state index contributed by atoms with van der Waals surface area (Å²) in [6.45, 7) is 7.40. The number of aryl methyl sites for hydroxylation is 2. The van der Waals surface area contributed by atoms with Crippen LogP contribution in [0.1, 0.15) is 24.5 Å². The fourth-order valence-corrected chi connectivity index (χ4v) is 5.81. The van der Waals surface area contributed by atoms with E-state index in [2.05, 4.69) is 22.3 Å². The first-order valence-electron chi connectivity index (χ1n) is 13.5. The van der Waals surface area contributed by atoms with Crippen LogP contribution in [0.2, 0.25) is 0 Å². The molecule has 1 saturated heterocycles. The van der Waals surface area contributed by atoms with Gasteiger partial charge in [-0.15, -0.1) is 0 Å². The first-order chi connectivity index (χ1) is 19.0. The van der Waals surface area contributed by atoms with Crippen LogP contribution >= 0.6 is 11.8 Å². The number of thioether (sulfide) groups is 1. The van der Waals surface area contributed by atoms with Gasteiger partial charge in [0.1, 0.15) is 0 Å². The number of fused-ring (bicyclic) bond motifs is 1. The second kappa shape index (κ2) is 12.5. The van der Waals surface area contributed by atoms with Gasteiger partial charge < -0.3 is 15.0 Å². The Morgan fingerprint density at radius 3 is 2.59 bits per heavy atom. The van der Waals surface area contributed by atoms with Gasteiger partial charge in [0, 0.05) is 31.0 Å². The molecule has 1 amide bonds. The highest BCUT2D eigenvalue weighted by atomic mass is 32.2. The summed E-state index contributed by atoms with van der Waals surface area (Å²) in [4.78, 5) is 34.4. The van der Waals surface area contributed by atoms with Gasteiger partial charge in [-0.2, -0.15) is 0 Å². The minimum Gasteiger partial charge on any atom is -0.378 e. The lowest BCUT2D eigenvalue weighted by Gasteiger charge is -2.29. The zero-order valence-corrected chi connectivity index (χ0v) is 23.2. The number of carbonyl (C=O) groups excluding carboxylic acids is 1. The van der Waals surface area contributed by atoms with E-state index in [1.54, 1.807) is 4.57 Å². The topological polar surface area (TPSA) is 76.5 Å². The summed E-state index contributed by atoms with van der Waals surface area (Å²) in [5.41, 5.74) is 4.56. The van der Waals surface area contributed by atoms with E-state index in [0.29, 0.717) is 48.7 Å². The van der Waals surface area contributed by atoms with Crippen LogP contribution in [0.15, 0.2) is 82.7 Å². The fraction of sp³-hybridized carbons (Fsp3) is 0.323. The third-order valence-electron chi connectivity index (χ3n) is 6.94. The maximum absolute atomic E-state index is 13.9. The Labute approximate surface area is 233 Å². The molecular weight excluding hydrogens is 508 g/mol. The second-order valence-electron chi connectivity index (χ2n) is 9.76. The van der Waals surface area contributed by atoms with Gasteiger partial charge in [-0.1, -0.05) is 61.2 Å². The molecule has 1 N–H and O–H groups in total. The van der Waals surface area contributed by atoms with Crippen molar-refractivity contribution in [2.24, 2.45) is 0 Å². The van der Waals surface area contributed by atoms with E-state index in [1.807, 2.05) is 74.5 Å². The number of hydrogen-bond acceptors (Lipinski definition) is 6. The first kappa shape index (κ1) is 27.0. The zero-order valence-electron chi connectivity index (χ0n) is 22.4. The Morgan fingerprint density at radius 2 is 1.85 bits per heavy atom. The van der Waals surface area contributed by atoms with Crippen molar-refractivity contribution in [2.45, 2.75) is 43.6 Å². The van der Waals surface area contributed by atoms with Gasteiger partial charge in [0.05, 0.1) is 29.4 Å². The smallest absolute Gasteiger partial charge is 0.262 e. The highest BCUT2D eigenvalue weighted by molar-refractivity contribution is 8.00. The number of amides is 1. The predicted molar refractivity (Wildman–Crippen MR) is 159 cm³/mol. The number of aromatic nitrogens is 2. The van der Waals surface area contributed by atoms with Crippen molar-refractivity contribution in [3.05, 3.63) is 94.3 Å². The average Bonchev–Trinajstić information content (AvgIpc) is 2.96. The van der Waals surface area contributed by atoms with Crippen LogP contribution in [0.3, 0.4) is 0 Å². The molecule has 4 aromatic rings. The van der Waals surface area contributed by atoms with Gasteiger partial charge in [0.25, 0.3) is 5.56 Å². The number of ether oxygens (including phenoxy) is 1. The normalized spacial score (nSPS) is 14.4. The van der Waals surface area contributed by atoms with E-state index < -0.39 is 5.25 Å². The number of rotatable bonds is 9. The first-order valence-corrected chi connectivity index (χ1v) is 14.3. The Kier molecular flexibility index (Phi) is 8.64. The molecule has 1 atom stereocenters. The van der Waals surface area contributed by atoms with Gasteiger partial charge in [0.15, 0.2) is 5.16 Å². The van der Waals surface area contributed by atoms with Crippen LogP contribution < -0.4 is 15.8 Å². The maximum Gasteiger partial charge on any atom is 0.262 e. The summed E-state index contributed by atoms with van der Waals surface area (Å²) < 4.78 is 7.24. The number of nitrogens with one attached hydrogen (secondary N) is 1. The third kappa shape index (κ3) is 6.52. The van der Waals surface area contributed by atoms with Gasteiger partial charge in [-0.05, 0) is 61.2 Å². The summed E-state index contributed by atoms with van der Waals surface area (Å²) in [6.07, 6.45) is 1.29. The molecule has 0 spiro atoms. The van der Waals surface area contributed by atoms with Crippen LogP contribution in [0.5, 0.6) is 0 Å². The molecule has 3 aromatic carbocycles. The van der Waals surface area contributed by atoms with Crippen LogP contribution in [0.25, 0.3) is 10.9 Å². The van der Waals surface area contributed by atoms with Gasteiger partial charge in [0.2, 0.25) is 5.91 Å². The fourth-order valence-electron chi connectivity index (χ4n) is 4.77. The maximum atomic E-state index is 13.9. The summed E-state index contributed by atoms with van der Waals surface area (Å²) >= 11 is 1.36. The van der Waals surface area contributed by atoms with Crippen molar-refractivity contribution in [1.29, 1.82) is 0 Å². The van der Waals surface area contributed by atoms with Crippen LogP contribution in [-0.4, -0.2) is 47.0 Å². The Balaban J connectivity index is 1.48. The van der Waals surface area contributed by atoms with Gasteiger partial charge in [-0.3, -0.25) is 14.2 Å². The standard InChI is InChI=1S/C31H34N4O3S/c1-3-28(29(36)32-24-11-7-8-22(2)20-24)39-31-33-27-13-12-25(34-16-18-38-19-17-34)21-26(27)30(37)35(31)15-14-23-9-5-4-6-10-23/h4-13,20-21,28H,3,14-19H2,1-2H3,(H,32,36)/t28-/m1/s1. The SMILES string of the molecule is CC[C@@H](Sc1nc2ccc(N3CCOCC3)cc2c(=O)n1CCc1ccccc1)C(=O)Nc1cccc(C)c1. The van der Waals surface area contributed by atoms with E-state index in [0.717, 1.165) is 35.6 Å². The van der Waals surface area contributed by atoms with E-state index in [9.17, 15) is 9.59 Å². The third-order valence-corrected chi connectivity index (χ3v) is 8.30. The number of anilines is 2. The molecule has 202 valence electrons. The largest absolute Gasteiger partial charge is 0.378 e. The number of carbonyl (C=O) groups is 1. The van der Waals surface area contributed by atoms with Gasteiger partial charge >= 0.3 is 0 Å². The molecule has 0 radical (unpaired) electrons. The summed E-state index contributed by atoms with van der Waals surface area (Å²) in [5.74, 6) is -0.0975. The molecule has 7 nitrogen and oxygen atoms in total. The summed E-state index contributed by atoms with van der Waals surface area (Å²) in [5, 5.41) is 3.79. The minimum atomic E-state index is -0.398. The molecule has 39 heavy (non-hydrogen) atoms. The van der Waals surface area contributed by atoms with Crippen LogP contribution in [0, 0.1) is 6.92 Å². The molecule has 0 aliphatic carbocycles. The monoisotopic (exact) mass is 542 g/mol. The second-order valence-corrected chi connectivity index (χ2v) is 10.9. The molecule has 5 rings (SSSR count). The molecule has 0 saturated carbocycles. The average molecular weight is 543 g/mol. The van der Waals surface area contributed by atoms with Crippen LogP contribution in [0.4, 0.5) is 11.4 Å². The molecule has 1 aliphatic heterocycles. The zero-order chi connectivity index (χ0) is 27.2. The van der Waals surface area contributed by atoms with E-state index in [1.165, 1.54) is 11.8 Å². The number of nitrogens with zero attached hydrogens (tertiary/aromatic N) is 3. The Bertz CT molecular complexity index is 1500. The summed E-state index contributed by atoms with van der Waals surface area (Å²) in [6, 6.07) is 23.8. The van der Waals surface area contributed by atoms with E-state index >= 15 is 0 Å². The predicted octanol–water partition coefficient (Wildman–Crippen LogP) is 5.29. The van der Waals surface area contributed by atoms with Crippen molar-refractivity contribution in [3.8, 4) is 0 Å². The van der Waals surface area contributed by atoms with Crippen LogP contribution in [-0.2, 0) is 22.5 Å². The lowest BCUT2D eigenvalue weighted by molar-refractivity contribution is -0.115. The van der Waals surface area contributed by atoms with Crippen molar-refractivity contribution in [3.63, 3.8) is 0 Å². The highest BCUT2D eigenvalue weighted by Gasteiger charge is 2.23. The molecule has 0 unspecified atom stereocenters. The lowest BCUT2D eigenvalue weighted by atomic mass is 10.1. The molecule has 1 fully saturated rings. The number of benzene rings is 3. The quantitative estimate of drug-likeness (QED) is 0.229. The van der Waals surface area contributed by atoms with Crippen molar-refractivity contribution < 1.29 is 9.53 Å². The summed E-state index contributed by atoms with van der Waals surface area (Å²) in [7, 11) is 0. The van der Waals surface area contributed by atoms with E-state index in [-0.39, 0.29) is 11.5 Å². The molecule has 0 bridgehead atoms. The number of hydrogen-bond donors (Lipinski definition) is 1. The molecular formula is C31H34N4O3S. The molecule has 1 aromatic heterocycles. The molecule has 1 aliphatic rings. The highest BCUT2D eigenvalue weighted by Crippen LogP contribution is 2.28.